The van der Waals surface area contributed by atoms with Crippen molar-refractivity contribution in [1.29, 1.82) is 0 Å². The van der Waals surface area contributed by atoms with Gasteiger partial charge in [-0.2, -0.15) is 0 Å². The van der Waals surface area contributed by atoms with Crippen molar-refractivity contribution < 1.29 is 17.6 Å². The number of halogens is 1. The molecule has 6 nitrogen and oxygen atoms in total. The number of anilines is 1. The van der Waals surface area contributed by atoms with Gasteiger partial charge in [-0.3, -0.25) is 9.52 Å². The van der Waals surface area contributed by atoms with Crippen molar-refractivity contribution in [2.75, 3.05) is 4.72 Å². The summed E-state index contributed by atoms with van der Waals surface area (Å²) in [5.41, 5.74) is 1.03. The lowest BCUT2D eigenvalue weighted by molar-refractivity contribution is 0.0949. The number of para-hydroxylation sites is 1. The van der Waals surface area contributed by atoms with Crippen LogP contribution in [0.3, 0.4) is 0 Å². The molecule has 1 heterocycles. The fourth-order valence-corrected chi connectivity index (χ4v) is 3.79. The minimum atomic E-state index is -3.71. The monoisotopic (exact) mass is 404 g/mol. The van der Waals surface area contributed by atoms with E-state index >= 15 is 0 Å². The van der Waals surface area contributed by atoms with Crippen molar-refractivity contribution in [1.82, 2.24) is 5.32 Å². The Morgan fingerprint density at radius 1 is 1.00 bits per heavy atom. The van der Waals surface area contributed by atoms with Crippen molar-refractivity contribution >= 4 is 33.2 Å². The highest BCUT2D eigenvalue weighted by Gasteiger charge is 2.17. The van der Waals surface area contributed by atoms with Crippen LogP contribution in [0.4, 0.5) is 5.69 Å². The lowest BCUT2D eigenvalue weighted by atomic mass is 10.1. The Balaban J connectivity index is 1.72. The number of sulfonamides is 1. The van der Waals surface area contributed by atoms with Crippen LogP contribution in [0, 0.1) is 0 Å². The maximum atomic E-state index is 12.5. The Hall–Kier alpha value is -2.77. The predicted octanol–water partition coefficient (Wildman–Crippen LogP) is 3.80. The van der Waals surface area contributed by atoms with E-state index in [1.165, 1.54) is 6.26 Å². The van der Waals surface area contributed by atoms with Gasteiger partial charge in [0.15, 0.2) is 0 Å². The van der Waals surface area contributed by atoms with Crippen molar-refractivity contribution in [2.45, 2.75) is 12.3 Å². The Morgan fingerprint density at radius 2 is 1.74 bits per heavy atom. The summed E-state index contributed by atoms with van der Waals surface area (Å²) in [6, 6.07) is 16.4. The molecule has 0 bridgehead atoms. The molecular formula is C19H17ClN2O4S. The molecule has 0 aliphatic heterocycles. The number of furan rings is 1. The number of hydrogen-bond acceptors (Lipinski definition) is 4. The summed E-state index contributed by atoms with van der Waals surface area (Å²) in [7, 11) is -3.71. The fraction of sp³-hybridized carbons (Fsp3) is 0.105. The van der Waals surface area contributed by atoms with E-state index in [4.69, 9.17) is 16.0 Å². The summed E-state index contributed by atoms with van der Waals surface area (Å²) < 4.78 is 32.6. The molecule has 1 amide bonds. The molecular weight excluding hydrogens is 388 g/mol. The van der Waals surface area contributed by atoms with E-state index in [9.17, 15) is 13.2 Å². The molecule has 0 radical (unpaired) electrons. The van der Waals surface area contributed by atoms with Crippen LogP contribution in [0.2, 0.25) is 5.02 Å². The average molecular weight is 405 g/mol. The molecule has 0 fully saturated rings. The van der Waals surface area contributed by atoms with Crippen LogP contribution >= 0.6 is 11.6 Å². The number of rotatable bonds is 7. The quantitative estimate of drug-likeness (QED) is 0.626. The van der Waals surface area contributed by atoms with E-state index in [-0.39, 0.29) is 23.5 Å². The van der Waals surface area contributed by atoms with Crippen molar-refractivity contribution in [3.63, 3.8) is 0 Å². The molecule has 8 heteroatoms. The van der Waals surface area contributed by atoms with E-state index < -0.39 is 15.9 Å². The SMILES string of the molecule is O=C(NCc1ccco1)c1ccccc1NS(=O)(=O)Cc1ccc(Cl)cc1. The summed E-state index contributed by atoms with van der Waals surface area (Å²) in [6.07, 6.45) is 1.51. The third-order valence-electron chi connectivity index (χ3n) is 3.71. The fourth-order valence-electron chi connectivity index (χ4n) is 2.45. The molecule has 2 aromatic carbocycles. The molecule has 1 aromatic heterocycles. The zero-order valence-corrected chi connectivity index (χ0v) is 15.8. The second-order valence-electron chi connectivity index (χ2n) is 5.80. The van der Waals surface area contributed by atoms with Crippen molar-refractivity contribution in [3.8, 4) is 0 Å². The van der Waals surface area contributed by atoms with Gasteiger partial charge in [0.25, 0.3) is 5.91 Å². The lowest BCUT2D eigenvalue weighted by Crippen LogP contribution is -2.25. The van der Waals surface area contributed by atoms with E-state index in [1.807, 2.05) is 0 Å². The average Bonchev–Trinajstić information content (AvgIpc) is 3.15. The molecule has 0 atom stereocenters. The Kier molecular flexibility index (Phi) is 5.83. The normalized spacial score (nSPS) is 11.1. The Bertz CT molecular complexity index is 1020. The maximum Gasteiger partial charge on any atom is 0.253 e. The van der Waals surface area contributed by atoms with E-state index in [0.29, 0.717) is 16.3 Å². The number of carbonyl (C=O) groups excluding carboxylic acids is 1. The van der Waals surface area contributed by atoms with E-state index in [1.54, 1.807) is 60.7 Å². The third kappa shape index (κ3) is 5.35. The van der Waals surface area contributed by atoms with Crippen LogP contribution in [0.15, 0.2) is 71.3 Å². The molecule has 0 saturated heterocycles. The maximum absolute atomic E-state index is 12.5. The van der Waals surface area contributed by atoms with Crippen LogP contribution < -0.4 is 10.0 Å². The first kappa shape index (κ1) is 19.0. The Labute approximate surface area is 162 Å². The zero-order chi connectivity index (χ0) is 19.3. The number of amides is 1. The first-order chi connectivity index (χ1) is 12.9. The molecule has 0 aliphatic rings. The number of benzene rings is 2. The summed E-state index contributed by atoms with van der Waals surface area (Å²) in [5.74, 6) is -0.0349. The second kappa shape index (κ2) is 8.28. The standard InChI is InChI=1S/C19H17ClN2O4S/c20-15-9-7-14(8-10-15)13-27(24,25)22-18-6-2-1-5-17(18)19(23)21-12-16-4-3-11-26-16/h1-11,22H,12-13H2,(H,21,23). The van der Waals surface area contributed by atoms with Gasteiger partial charge in [0.1, 0.15) is 5.76 Å². The highest BCUT2D eigenvalue weighted by atomic mass is 35.5. The molecule has 0 saturated carbocycles. The minimum absolute atomic E-state index is 0.206. The second-order valence-corrected chi connectivity index (χ2v) is 7.95. The van der Waals surface area contributed by atoms with Crippen LogP contribution in [-0.4, -0.2) is 14.3 Å². The van der Waals surface area contributed by atoms with Gasteiger partial charge in [0, 0.05) is 5.02 Å². The lowest BCUT2D eigenvalue weighted by Gasteiger charge is -2.12. The molecule has 0 unspecified atom stereocenters. The van der Waals surface area contributed by atoms with Crippen LogP contribution in [0.25, 0.3) is 0 Å². The van der Waals surface area contributed by atoms with Gasteiger partial charge in [0.2, 0.25) is 10.0 Å². The summed E-state index contributed by atoms with van der Waals surface area (Å²) in [6.45, 7) is 0.206. The van der Waals surface area contributed by atoms with Gasteiger partial charge in [-0.05, 0) is 42.0 Å². The molecule has 3 aromatic rings. The highest BCUT2D eigenvalue weighted by Crippen LogP contribution is 2.19. The van der Waals surface area contributed by atoms with Gasteiger partial charge in [-0.1, -0.05) is 35.9 Å². The number of carbonyl (C=O) groups is 1. The van der Waals surface area contributed by atoms with Crippen molar-refractivity contribution in [3.05, 3.63) is 88.8 Å². The summed E-state index contributed by atoms with van der Waals surface area (Å²) >= 11 is 5.82. The van der Waals surface area contributed by atoms with Crippen LogP contribution in [0.5, 0.6) is 0 Å². The minimum Gasteiger partial charge on any atom is -0.467 e. The topological polar surface area (TPSA) is 88.4 Å². The van der Waals surface area contributed by atoms with Gasteiger partial charge >= 0.3 is 0 Å². The zero-order valence-electron chi connectivity index (χ0n) is 14.2. The van der Waals surface area contributed by atoms with Gasteiger partial charge < -0.3 is 9.73 Å². The first-order valence-electron chi connectivity index (χ1n) is 8.07. The summed E-state index contributed by atoms with van der Waals surface area (Å²) in [4.78, 5) is 12.4. The highest BCUT2D eigenvalue weighted by molar-refractivity contribution is 7.91. The largest absolute Gasteiger partial charge is 0.467 e. The molecule has 0 spiro atoms. The number of nitrogens with one attached hydrogen (secondary N) is 2. The van der Waals surface area contributed by atoms with Gasteiger partial charge in [-0.15, -0.1) is 0 Å². The van der Waals surface area contributed by atoms with E-state index in [2.05, 4.69) is 10.0 Å². The van der Waals surface area contributed by atoms with Gasteiger partial charge in [-0.25, -0.2) is 8.42 Å². The van der Waals surface area contributed by atoms with Crippen molar-refractivity contribution in [2.24, 2.45) is 0 Å². The smallest absolute Gasteiger partial charge is 0.253 e. The molecule has 3 rings (SSSR count). The molecule has 0 aliphatic carbocycles. The molecule has 2 N–H and O–H groups in total. The number of hydrogen-bond donors (Lipinski definition) is 2. The van der Waals surface area contributed by atoms with Crippen LogP contribution in [-0.2, 0) is 22.3 Å². The first-order valence-corrected chi connectivity index (χ1v) is 10.1. The van der Waals surface area contributed by atoms with Crippen LogP contribution in [0.1, 0.15) is 21.7 Å². The van der Waals surface area contributed by atoms with Gasteiger partial charge in [0.05, 0.1) is 29.8 Å². The predicted molar refractivity (Wildman–Crippen MR) is 104 cm³/mol. The molecule has 27 heavy (non-hydrogen) atoms. The molecule has 140 valence electrons. The Morgan fingerprint density at radius 3 is 2.44 bits per heavy atom. The van der Waals surface area contributed by atoms with E-state index in [0.717, 1.165) is 0 Å². The summed E-state index contributed by atoms with van der Waals surface area (Å²) in [5, 5.41) is 3.23. The third-order valence-corrected chi connectivity index (χ3v) is 5.21.